The first-order chi connectivity index (χ1) is 8.63. The van der Waals surface area contributed by atoms with E-state index in [4.69, 9.17) is 11.6 Å². The third kappa shape index (κ3) is 6.19. The maximum absolute atomic E-state index is 5.95. The molecule has 0 saturated carbocycles. The van der Waals surface area contributed by atoms with Gasteiger partial charge in [-0.1, -0.05) is 18.5 Å². The summed E-state index contributed by atoms with van der Waals surface area (Å²) in [5.41, 5.74) is 0. The zero-order chi connectivity index (χ0) is 13.4. The van der Waals surface area contributed by atoms with Crippen LogP contribution in [-0.2, 0) is 6.54 Å². The second-order valence-electron chi connectivity index (χ2n) is 4.86. The Kier molecular flexibility index (Phi) is 7.91. The highest BCUT2D eigenvalue weighted by atomic mass is 35.5. The summed E-state index contributed by atoms with van der Waals surface area (Å²) in [6, 6.07) is 4.72. The Morgan fingerprint density at radius 2 is 2.17 bits per heavy atom. The molecule has 2 nitrogen and oxygen atoms in total. The molecule has 0 fully saturated rings. The number of thiophene rings is 1. The maximum Gasteiger partial charge on any atom is 0.0931 e. The largest absolute Gasteiger partial charge is 0.317 e. The highest BCUT2D eigenvalue weighted by Gasteiger charge is 2.10. The van der Waals surface area contributed by atoms with Gasteiger partial charge < -0.3 is 5.32 Å². The van der Waals surface area contributed by atoms with E-state index in [-0.39, 0.29) is 0 Å². The van der Waals surface area contributed by atoms with E-state index in [1.54, 1.807) is 11.3 Å². The van der Waals surface area contributed by atoms with Gasteiger partial charge in [0.2, 0.25) is 0 Å². The van der Waals surface area contributed by atoms with Crippen LogP contribution in [0.2, 0.25) is 4.34 Å². The Balaban J connectivity index is 2.18. The smallest absolute Gasteiger partial charge is 0.0931 e. The van der Waals surface area contributed by atoms with Crippen LogP contribution in [0.1, 0.15) is 38.0 Å². The van der Waals surface area contributed by atoms with Crippen molar-refractivity contribution in [3.8, 4) is 0 Å². The minimum atomic E-state index is 0.620. The Labute approximate surface area is 120 Å². The van der Waals surface area contributed by atoms with Gasteiger partial charge in [-0.05, 0) is 58.5 Å². The topological polar surface area (TPSA) is 15.3 Å². The molecule has 0 spiro atoms. The van der Waals surface area contributed by atoms with Gasteiger partial charge >= 0.3 is 0 Å². The van der Waals surface area contributed by atoms with E-state index in [9.17, 15) is 0 Å². The lowest BCUT2D eigenvalue weighted by Gasteiger charge is -2.24. The van der Waals surface area contributed by atoms with Crippen molar-refractivity contribution in [2.75, 3.05) is 20.1 Å². The van der Waals surface area contributed by atoms with E-state index in [0.29, 0.717) is 6.04 Å². The van der Waals surface area contributed by atoms with Gasteiger partial charge in [-0.3, -0.25) is 4.90 Å². The van der Waals surface area contributed by atoms with Gasteiger partial charge in [0, 0.05) is 17.5 Å². The molecule has 0 aliphatic rings. The molecule has 0 aliphatic carbocycles. The van der Waals surface area contributed by atoms with Crippen molar-refractivity contribution >= 4 is 22.9 Å². The van der Waals surface area contributed by atoms with Crippen LogP contribution in [0.5, 0.6) is 0 Å². The van der Waals surface area contributed by atoms with Crippen LogP contribution in [0.3, 0.4) is 0 Å². The standard InChI is InChI=1S/C14H25ClN2S/c1-4-9-16-10-5-6-12(2)17(3)11-13-7-8-14(15)18-13/h7-8,12,16H,4-6,9-11H2,1-3H3. The molecule has 4 heteroatoms. The minimum Gasteiger partial charge on any atom is -0.317 e. The first-order valence-electron chi connectivity index (χ1n) is 6.78. The van der Waals surface area contributed by atoms with E-state index < -0.39 is 0 Å². The fourth-order valence-electron chi connectivity index (χ4n) is 1.88. The average Bonchev–Trinajstić information content (AvgIpc) is 2.74. The van der Waals surface area contributed by atoms with Crippen LogP contribution in [0, 0.1) is 0 Å². The summed E-state index contributed by atoms with van der Waals surface area (Å²) >= 11 is 7.63. The monoisotopic (exact) mass is 288 g/mol. The third-order valence-electron chi connectivity index (χ3n) is 3.19. The summed E-state index contributed by atoms with van der Waals surface area (Å²) in [6.45, 7) is 7.78. The molecular weight excluding hydrogens is 264 g/mol. The van der Waals surface area contributed by atoms with E-state index in [0.717, 1.165) is 24.0 Å². The van der Waals surface area contributed by atoms with Crippen LogP contribution in [-0.4, -0.2) is 31.1 Å². The van der Waals surface area contributed by atoms with Crippen molar-refractivity contribution < 1.29 is 0 Å². The summed E-state index contributed by atoms with van der Waals surface area (Å²) in [7, 11) is 2.19. The molecule has 0 radical (unpaired) electrons. The van der Waals surface area contributed by atoms with E-state index in [1.807, 2.05) is 6.07 Å². The fraction of sp³-hybridized carbons (Fsp3) is 0.714. The van der Waals surface area contributed by atoms with Crippen molar-refractivity contribution in [1.29, 1.82) is 0 Å². The zero-order valence-corrected chi connectivity index (χ0v) is 13.3. The molecule has 1 aromatic heterocycles. The quantitative estimate of drug-likeness (QED) is 0.691. The molecule has 0 saturated heterocycles. The second kappa shape index (κ2) is 8.92. The van der Waals surface area contributed by atoms with Crippen molar-refractivity contribution in [3.05, 3.63) is 21.3 Å². The molecule has 1 aromatic rings. The predicted molar refractivity (Wildman–Crippen MR) is 82.7 cm³/mol. The van der Waals surface area contributed by atoms with Crippen LogP contribution >= 0.6 is 22.9 Å². The SMILES string of the molecule is CCCNCCCC(C)N(C)Cc1ccc(Cl)s1. The van der Waals surface area contributed by atoms with Gasteiger partial charge in [-0.25, -0.2) is 0 Å². The van der Waals surface area contributed by atoms with E-state index in [2.05, 4.69) is 37.2 Å². The number of nitrogens with one attached hydrogen (secondary N) is 1. The third-order valence-corrected chi connectivity index (χ3v) is 4.40. The van der Waals surface area contributed by atoms with Crippen LogP contribution in [0.25, 0.3) is 0 Å². The molecule has 1 N–H and O–H groups in total. The number of rotatable bonds is 9. The fourth-order valence-corrected chi connectivity index (χ4v) is 3.03. The predicted octanol–water partition coefficient (Wildman–Crippen LogP) is 4.00. The number of nitrogens with zero attached hydrogens (tertiary/aromatic N) is 1. The lowest BCUT2D eigenvalue weighted by molar-refractivity contribution is 0.236. The van der Waals surface area contributed by atoms with Crippen molar-refractivity contribution in [3.63, 3.8) is 0 Å². The zero-order valence-electron chi connectivity index (χ0n) is 11.7. The van der Waals surface area contributed by atoms with Gasteiger partial charge in [0.15, 0.2) is 0 Å². The molecule has 1 unspecified atom stereocenters. The molecule has 18 heavy (non-hydrogen) atoms. The summed E-state index contributed by atoms with van der Waals surface area (Å²) < 4.78 is 0.884. The van der Waals surface area contributed by atoms with Crippen LogP contribution in [0.15, 0.2) is 12.1 Å². The Bertz CT molecular complexity index is 327. The normalized spacial score (nSPS) is 13.2. The summed E-state index contributed by atoms with van der Waals surface area (Å²) in [4.78, 5) is 3.75. The van der Waals surface area contributed by atoms with Crippen LogP contribution < -0.4 is 5.32 Å². The van der Waals surface area contributed by atoms with Crippen LogP contribution in [0.4, 0.5) is 0 Å². The lowest BCUT2D eigenvalue weighted by Crippen LogP contribution is -2.29. The second-order valence-corrected chi connectivity index (χ2v) is 6.66. The summed E-state index contributed by atoms with van der Waals surface area (Å²) in [5.74, 6) is 0. The molecule has 1 atom stereocenters. The molecular formula is C14H25ClN2S. The number of hydrogen-bond donors (Lipinski definition) is 1. The van der Waals surface area contributed by atoms with Crippen molar-refractivity contribution in [2.24, 2.45) is 0 Å². The number of halogens is 1. The highest BCUT2D eigenvalue weighted by molar-refractivity contribution is 7.16. The maximum atomic E-state index is 5.95. The molecule has 0 aliphatic heterocycles. The van der Waals surface area contributed by atoms with Gasteiger partial charge in [-0.15, -0.1) is 11.3 Å². The molecule has 1 rings (SSSR count). The molecule has 0 bridgehead atoms. The Morgan fingerprint density at radius 1 is 1.39 bits per heavy atom. The molecule has 104 valence electrons. The van der Waals surface area contributed by atoms with E-state index in [1.165, 1.54) is 24.1 Å². The lowest BCUT2D eigenvalue weighted by atomic mass is 10.1. The number of hydrogen-bond acceptors (Lipinski definition) is 3. The summed E-state index contributed by atoms with van der Waals surface area (Å²) in [5, 5.41) is 3.45. The minimum absolute atomic E-state index is 0.620. The van der Waals surface area contributed by atoms with E-state index >= 15 is 0 Å². The molecule has 1 heterocycles. The van der Waals surface area contributed by atoms with Gasteiger partial charge in [0.25, 0.3) is 0 Å². The average molecular weight is 289 g/mol. The first kappa shape index (κ1) is 16.0. The van der Waals surface area contributed by atoms with Gasteiger partial charge in [-0.2, -0.15) is 0 Å². The van der Waals surface area contributed by atoms with Gasteiger partial charge in [0.05, 0.1) is 4.34 Å². The molecule has 0 amide bonds. The molecule has 0 aromatic carbocycles. The Hall–Kier alpha value is -0.0900. The first-order valence-corrected chi connectivity index (χ1v) is 7.98. The summed E-state index contributed by atoms with van der Waals surface area (Å²) in [6.07, 6.45) is 3.71. The Morgan fingerprint density at radius 3 is 2.78 bits per heavy atom. The van der Waals surface area contributed by atoms with Crippen molar-refractivity contribution in [2.45, 2.75) is 45.7 Å². The van der Waals surface area contributed by atoms with Crippen molar-refractivity contribution in [1.82, 2.24) is 10.2 Å². The highest BCUT2D eigenvalue weighted by Crippen LogP contribution is 2.23. The van der Waals surface area contributed by atoms with Gasteiger partial charge in [0.1, 0.15) is 0 Å².